The van der Waals surface area contributed by atoms with Crippen molar-refractivity contribution in [3.8, 4) is 0 Å². The largest absolute Gasteiger partial charge is 0.469 e. The van der Waals surface area contributed by atoms with Crippen molar-refractivity contribution >= 4 is 29.9 Å². The summed E-state index contributed by atoms with van der Waals surface area (Å²) < 4.78 is 11.0. The fourth-order valence-corrected chi connectivity index (χ4v) is 4.85. The van der Waals surface area contributed by atoms with Crippen LogP contribution in [0.5, 0.6) is 0 Å². The zero-order chi connectivity index (χ0) is 19.7. The number of piperidine rings is 1. The number of ether oxygens (including phenoxy) is 1. The molecule has 3 fully saturated rings. The zero-order valence-corrected chi connectivity index (χ0v) is 20.5. The molecule has 6 nitrogen and oxygen atoms in total. The molecule has 4 rings (SSSR count). The normalized spacial score (nSPS) is 24.5. The van der Waals surface area contributed by atoms with Crippen LogP contribution in [0.2, 0.25) is 0 Å². The second-order valence-electron chi connectivity index (χ2n) is 8.99. The molecule has 0 spiro atoms. The second-order valence-corrected chi connectivity index (χ2v) is 8.99. The predicted molar refractivity (Wildman–Crippen MR) is 132 cm³/mol. The van der Waals surface area contributed by atoms with Crippen LogP contribution in [-0.4, -0.2) is 62.3 Å². The molecule has 30 heavy (non-hydrogen) atoms. The summed E-state index contributed by atoms with van der Waals surface area (Å²) in [6.45, 7) is 6.23. The molecule has 7 heteroatoms. The summed E-state index contributed by atoms with van der Waals surface area (Å²) >= 11 is 0. The molecular weight excluding hydrogens is 491 g/mol. The molecule has 2 N–H and O–H groups in total. The summed E-state index contributed by atoms with van der Waals surface area (Å²) in [7, 11) is 0. The lowest BCUT2D eigenvalue weighted by molar-refractivity contribution is 0.150. The summed E-state index contributed by atoms with van der Waals surface area (Å²) in [6, 6.07) is 5.07. The van der Waals surface area contributed by atoms with E-state index in [2.05, 4.69) is 15.5 Å². The van der Waals surface area contributed by atoms with Crippen molar-refractivity contribution in [2.24, 2.45) is 10.9 Å². The molecule has 2 aliphatic heterocycles. The number of hydrogen-bond donors (Lipinski definition) is 2. The number of hydrogen-bond acceptors (Lipinski definition) is 4. The minimum atomic E-state index is 0. The maximum Gasteiger partial charge on any atom is 0.191 e. The maximum atomic E-state index is 5.54. The van der Waals surface area contributed by atoms with Crippen molar-refractivity contribution in [1.29, 1.82) is 0 Å². The van der Waals surface area contributed by atoms with Crippen LogP contribution in [0, 0.1) is 5.92 Å². The average Bonchev–Trinajstić information content (AvgIpc) is 3.45. The molecule has 0 aromatic carbocycles. The molecule has 1 aliphatic carbocycles. The van der Waals surface area contributed by atoms with Crippen LogP contribution in [0.25, 0.3) is 0 Å². The van der Waals surface area contributed by atoms with Crippen LogP contribution in [0.15, 0.2) is 27.8 Å². The Hall–Kier alpha value is -0.800. The number of halogens is 1. The topological polar surface area (TPSA) is 62.0 Å². The van der Waals surface area contributed by atoms with E-state index in [9.17, 15) is 0 Å². The van der Waals surface area contributed by atoms with E-state index in [1.807, 2.05) is 12.1 Å². The summed E-state index contributed by atoms with van der Waals surface area (Å²) in [5.41, 5.74) is 0. The third-order valence-corrected chi connectivity index (χ3v) is 6.62. The predicted octanol–water partition coefficient (Wildman–Crippen LogP) is 3.81. The number of nitrogens with one attached hydrogen (secondary N) is 2. The van der Waals surface area contributed by atoms with Gasteiger partial charge in [-0.15, -0.1) is 24.0 Å². The molecular formula is C23H39IN4O2. The zero-order valence-electron chi connectivity index (χ0n) is 18.2. The van der Waals surface area contributed by atoms with Gasteiger partial charge in [-0.2, -0.15) is 0 Å². The number of nitrogens with zero attached hydrogens (tertiary/aromatic N) is 2. The van der Waals surface area contributed by atoms with Gasteiger partial charge in [-0.25, -0.2) is 0 Å². The van der Waals surface area contributed by atoms with Crippen molar-refractivity contribution in [2.75, 3.05) is 39.4 Å². The van der Waals surface area contributed by atoms with E-state index in [0.29, 0.717) is 12.1 Å². The highest BCUT2D eigenvalue weighted by molar-refractivity contribution is 14.0. The summed E-state index contributed by atoms with van der Waals surface area (Å²) in [5.74, 6) is 2.76. The summed E-state index contributed by atoms with van der Waals surface area (Å²) in [5, 5.41) is 7.49. The number of likely N-dealkylation sites (tertiary alicyclic amines) is 1. The van der Waals surface area contributed by atoms with Gasteiger partial charge in [0.15, 0.2) is 5.96 Å². The molecule has 1 unspecified atom stereocenters. The van der Waals surface area contributed by atoms with Gasteiger partial charge in [-0.3, -0.25) is 4.99 Å². The smallest absolute Gasteiger partial charge is 0.191 e. The number of rotatable bonds is 7. The molecule has 170 valence electrons. The van der Waals surface area contributed by atoms with E-state index >= 15 is 0 Å². The third-order valence-electron chi connectivity index (χ3n) is 6.62. The molecule has 0 amide bonds. The minimum Gasteiger partial charge on any atom is -0.469 e. The monoisotopic (exact) mass is 530 g/mol. The summed E-state index contributed by atoms with van der Waals surface area (Å²) in [6.07, 6.45) is 12.8. The number of furan rings is 1. The SMILES string of the molecule is I.c1coc(CCN=C(NC2CCCCC2)NC2CCN(CC3CCOC3)CC2)c1. The molecule has 1 atom stereocenters. The Labute approximate surface area is 198 Å². The van der Waals surface area contributed by atoms with Crippen molar-refractivity contribution in [3.63, 3.8) is 0 Å². The highest BCUT2D eigenvalue weighted by Crippen LogP contribution is 2.19. The first kappa shape index (κ1) is 23.9. The van der Waals surface area contributed by atoms with Gasteiger partial charge in [0.05, 0.1) is 12.9 Å². The van der Waals surface area contributed by atoms with Crippen LogP contribution >= 0.6 is 24.0 Å². The van der Waals surface area contributed by atoms with Crippen LogP contribution in [0.3, 0.4) is 0 Å². The van der Waals surface area contributed by atoms with Crippen LogP contribution < -0.4 is 10.6 Å². The van der Waals surface area contributed by atoms with E-state index in [1.54, 1.807) is 6.26 Å². The maximum absolute atomic E-state index is 5.54. The van der Waals surface area contributed by atoms with Gasteiger partial charge in [0.2, 0.25) is 0 Å². The second kappa shape index (κ2) is 12.9. The molecule has 1 aromatic heterocycles. The standard InChI is InChI=1S/C23H38N4O2.HI/c1-2-5-20(6-3-1)25-23(24-12-8-22-7-4-15-29-22)26-21-9-13-27(14-10-21)17-19-11-16-28-18-19;/h4,7,15,19-21H,1-3,5-6,8-14,16-18H2,(H2,24,25,26);1H. The van der Waals surface area contributed by atoms with E-state index < -0.39 is 0 Å². The Kier molecular flexibility index (Phi) is 10.3. The highest BCUT2D eigenvalue weighted by Gasteiger charge is 2.25. The Morgan fingerprint density at radius 3 is 2.47 bits per heavy atom. The van der Waals surface area contributed by atoms with Gasteiger partial charge in [0, 0.05) is 51.3 Å². The molecule has 3 aliphatic rings. The first-order valence-electron chi connectivity index (χ1n) is 11.7. The Morgan fingerprint density at radius 2 is 1.80 bits per heavy atom. The highest BCUT2D eigenvalue weighted by atomic mass is 127. The van der Waals surface area contributed by atoms with Gasteiger partial charge in [0.25, 0.3) is 0 Å². The Morgan fingerprint density at radius 1 is 1.03 bits per heavy atom. The number of guanidine groups is 1. The van der Waals surface area contributed by atoms with Gasteiger partial charge in [-0.05, 0) is 50.2 Å². The van der Waals surface area contributed by atoms with Crippen LogP contribution in [0.4, 0.5) is 0 Å². The summed E-state index contributed by atoms with van der Waals surface area (Å²) in [4.78, 5) is 7.52. The quantitative estimate of drug-likeness (QED) is 0.319. The van der Waals surface area contributed by atoms with Gasteiger partial charge in [-0.1, -0.05) is 19.3 Å². The lowest BCUT2D eigenvalue weighted by Gasteiger charge is -2.35. The first-order valence-corrected chi connectivity index (χ1v) is 11.7. The van der Waals surface area contributed by atoms with Gasteiger partial charge >= 0.3 is 0 Å². The van der Waals surface area contributed by atoms with Crippen molar-refractivity contribution in [1.82, 2.24) is 15.5 Å². The van der Waals surface area contributed by atoms with Gasteiger partial charge < -0.3 is 24.7 Å². The third kappa shape index (κ3) is 7.71. The Bertz CT molecular complexity index is 605. The molecule has 0 radical (unpaired) electrons. The van der Waals surface area contributed by atoms with Crippen molar-refractivity contribution in [3.05, 3.63) is 24.2 Å². The van der Waals surface area contributed by atoms with Gasteiger partial charge in [0.1, 0.15) is 5.76 Å². The number of aliphatic imine (C=N–C) groups is 1. The van der Waals surface area contributed by atoms with E-state index in [1.165, 1.54) is 71.0 Å². The molecule has 1 saturated carbocycles. The molecule has 3 heterocycles. The van der Waals surface area contributed by atoms with Crippen molar-refractivity contribution in [2.45, 2.75) is 69.9 Å². The fourth-order valence-electron chi connectivity index (χ4n) is 4.85. The fraction of sp³-hybridized carbons (Fsp3) is 0.783. The van der Waals surface area contributed by atoms with E-state index in [-0.39, 0.29) is 24.0 Å². The lowest BCUT2D eigenvalue weighted by Crippen LogP contribution is -2.51. The van der Waals surface area contributed by atoms with E-state index in [0.717, 1.165) is 43.8 Å². The molecule has 1 aromatic rings. The average molecular weight is 530 g/mol. The van der Waals surface area contributed by atoms with E-state index in [4.69, 9.17) is 14.1 Å². The van der Waals surface area contributed by atoms with Crippen LogP contribution in [0.1, 0.15) is 57.1 Å². The minimum absolute atomic E-state index is 0. The van der Waals surface area contributed by atoms with Crippen LogP contribution in [-0.2, 0) is 11.2 Å². The molecule has 0 bridgehead atoms. The van der Waals surface area contributed by atoms with Crippen molar-refractivity contribution < 1.29 is 9.15 Å². The molecule has 2 saturated heterocycles. The first-order chi connectivity index (χ1) is 14.3. The lowest BCUT2D eigenvalue weighted by atomic mass is 9.95. The Balaban J connectivity index is 0.00000256.